The first-order valence-corrected chi connectivity index (χ1v) is 8.74. The third-order valence-corrected chi connectivity index (χ3v) is 4.25. The maximum Gasteiger partial charge on any atom is 0.416 e. The van der Waals surface area contributed by atoms with Crippen LogP contribution in [0.15, 0.2) is 54.6 Å². The van der Waals surface area contributed by atoms with Crippen LogP contribution in [0.2, 0.25) is 0 Å². The van der Waals surface area contributed by atoms with Gasteiger partial charge in [-0.1, -0.05) is 0 Å². The van der Waals surface area contributed by atoms with Gasteiger partial charge in [0, 0.05) is 5.69 Å². The topological polar surface area (TPSA) is 62.1 Å². The van der Waals surface area contributed by atoms with E-state index in [2.05, 4.69) is 5.32 Å². The number of alkyl halides is 3. The molecule has 0 aliphatic heterocycles. The van der Waals surface area contributed by atoms with E-state index in [1.165, 1.54) is 19.1 Å². The summed E-state index contributed by atoms with van der Waals surface area (Å²) < 4.78 is 71.9. The van der Waals surface area contributed by atoms with Crippen LogP contribution in [0.4, 0.5) is 27.6 Å². The Morgan fingerprint density at radius 1 is 1.00 bits per heavy atom. The van der Waals surface area contributed by atoms with Gasteiger partial charge in [-0.25, -0.2) is 8.78 Å². The van der Waals surface area contributed by atoms with E-state index in [0.717, 1.165) is 36.4 Å². The highest BCUT2D eigenvalue weighted by Gasteiger charge is 2.32. The third-order valence-electron chi connectivity index (χ3n) is 4.25. The van der Waals surface area contributed by atoms with Crippen molar-refractivity contribution in [2.24, 2.45) is 0 Å². The summed E-state index contributed by atoms with van der Waals surface area (Å²) >= 11 is 0. The molecule has 0 unspecified atom stereocenters. The fourth-order valence-corrected chi connectivity index (χ4v) is 2.71. The molecule has 1 amide bonds. The van der Waals surface area contributed by atoms with Crippen molar-refractivity contribution >= 4 is 11.6 Å². The number of hydrogen-bond acceptors (Lipinski definition) is 3. The number of carbonyl (C=O) groups excluding carboxylic acids is 1. The predicted octanol–water partition coefficient (Wildman–Crippen LogP) is 6.21. The van der Waals surface area contributed by atoms with Gasteiger partial charge in [-0.15, -0.1) is 0 Å². The Morgan fingerprint density at radius 2 is 1.71 bits per heavy atom. The first-order valence-electron chi connectivity index (χ1n) is 8.74. The fraction of sp³-hybridized carbons (Fsp3) is 0.0909. The highest BCUT2D eigenvalue weighted by Crippen LogP contribution is 2.35. The molecule has 0 aromatic heterocycles. The maximum atomic E-state index is 13.5. The normalized spacial score (nSPS) is 11.0. The van der Waals surface area contributed by atoms with Gasteiger partial charge in [-0.2, -0.15) is 18.4 Å². The Morgan fingerprint density at radius 3 is 2.35 bits per heavy atom. The molecule has 0 radical (unpaired) electrons. The van der Waals surface area contributed by atoms with Crippen LogP contribution in [-0.4, -0.2) is 5.91 Å². The van der Waals surface area contributed by atoms with Gasteiger partial charge in [-0.05, 0) is 67.1 Å². The van der Waals surface area contributed by atoms with Crippen molar-refractivity contribution in [2.75, 3.05) is 5.32 Å². The number of rotatable bonds is 4. The summed E-state index contributed by atoms with van der Waals surface area (Å²) in [5.74, 6) is -2.38. The molecule has 0 atom stereocenters. The minimum atomic E-state index is -4.72. The largest absolute Gasteiger partial charge is 0.456 e. The Balaban J connectivity index is 2.01. The zero-order valence-corrected chi connectivity index (χ0v) is 15.8. The molecule has 0 spiro atoms. The average Bonchev–Trinajstić information content (AvgIpc) is 2.70. The van der Waals surface area contributed by atoms with Gasteiger partial charge < -0.3 is 10.1 Å². The third kappa shape index (κ3) is 4.98. The summed E-state index contributed by atoms with van der Waals surface area (Å²) in [4.78, 5) is 12.7. The average molecular weight is 432 g/mol. The molecule has 3 aromatic carbocycles. The van der Waals surface area contributed by atoms with Crippen LogP contribution in [-0.2, 0) is 6.18 Å². The lowest BCUT2D eigenvalue weighted by Gasteiger charge is -2.15. The number of nitriles is 1. The minimum Gasteiger partial charge on any atom is -0.456 e. The van der Waals surface area contributed by atoms with E-state index >= 15 is 0 Å². The van der Waals surface area contributed by atoms with Crippen molar-refractivity contribution < 1.29 is 31.5 Å². The van der Waals surface area contributed by atoms with Gasteiger partial charge in [0.2, 0.25) is 0 Å². The van der Waals surface area contributed by atoms with E-state index in [1.807, 2.05) is 0 Å². The second-order valence-electron chi connectivity index (χ2n) is 6.48. The molecule has 0 heterocycles. The molecule has 158 valence electrons. The summed E-state index contributed by atoms with van der Waals surface area (Å²) in [6.07, 6.45) is -4.72. The van der Waals surface area contributed by atoms with Crippen molar-refractivity contribution in [1.29, 1.82) is 5.26 Å². The lowest BCUT2D eigenvalue weighted by Crippen LogP contribution is -2.15. The number of halogens is 5. The molecule has 0 fully saturated rings. The summed E-state index contributed by atoms with van der Waals surface area (Å²) in [5.41, 5.74) is -1.52. The zero-order chi connectivity index (χ0) is 22.8. The number of carbonyl (C=O) groups is 1. The van der Waals surface area contributed by atoms with Crippen LogP contribution in [0.1, 0.15) is 27.0 Å². The number of ether oxygens (including phenoxy) is 1. The lowest BCUT2D eigenvalue weighted by molar-refractivity contribution is -0.137. The van der Waals surface area contributed by atoms with Gasteiger partial charge in [0.25, 0.3) is 5.91 Å². The number of amides is 1. The molecule has 0 aliphatic rings. The summed E-state index contributed by atoms with van der Waals surface area (Å²) in [5, 5.41) is 11.2. The molecule has 3 rings (SSSR count). The predicted molar refractivity (Wildman–Crippen MR) is 102 cm³/mol. The van der Waals surface area contributed by atoms with Crippen molar-refractivity contribution in [3.63, 3.8) is 0 Å². The standard InChI is InChI=1S/C22H13F5N2O2/c1-12-8-15(23)3-7-19(12)31-20-6-2-14(22(25,26)27)10-17(20)21(30)29-16-4-5-18(24)13(9-16)11-28/h2-10H,1H3,(H,29,30). The Hall–Kier alpha value is -3.93. The van der Waals surface area contributed by atoms with Crippen LogP contribution >= 0.6 is 0 Å². The number of anilines is 1. The van der Waals surface area contributed by atoms with E-state index < -0.39 is 34.8 Å². The number of aryl methyl sites for hydroxylation is 1. The smallest absolute Gasteiger partial charge is 0.416 e. The highest BCUT2D eigenvalue weighted by molar-refractivity contribution is 6.06. The van der Waals surface area contributed by atoms with Crippen LogP contribution in [0.5, 0.6) is 11.5 Å². The highest BCUT2D eigenvalue weighted by atomic mass is 19.4. The van der Waals surface area contributed by atoms with E-state index in [0.29, 0.717) is 11.6 Å². The number of hydrogen-bond donors (Lipinski definition) is 1. The van der Waals surface area contributed by atoms with Gasteiger partial charge >= 0.3 is 6.18 Å². The Labute approximate surface area is 173 Å². The Kier molecular flexibility index (Phi) is 5.92. The van der Waals surface area contributed by atoms with Crippen LogP contribution < -0.4 is 10.1 Å². The number of nitrogens with zero attached hydrogens (tertiary/aromatic N) is 1. The minimum absolute atomic E-state index is 0.00396. The van der Waals surface area contributed by atoms with Crippen molar-refractivity contribution in [2.45, 2.75) is 13.1 Å². The SMILES string of the molecule is Cc1cc(F)ccc1Oc1ccc(C(F)(F)F)cc1C(=O)Nc1ccc(F)c(C#N)c1. The molecule has 0 bridgehead atoms. The first kappa shape index (κ1) is 21.8. The van der Waals surface area contributed by atoms with E-state index in [-0.39, 0.29) is 22.7 Å². The van der Waals surface area contributed by atoms with Gasteiger partial charge in [-0.3, -0.25) is 4.79 Å². The van der Waals surface area contributed by atoms with E-state index in [4.69, 9.17) is 10.00 Å². The van der Waals surface area contributed by atoms with Crippen LogP contribution in [0.25, 0.3) is 0 Å². The van der Waals surface area contributed by atoms with E-state index in [9.17, 15) is 26.7 Å². The number of nitrogens with one attached hydrogen (secondary N) is 1. The summed E-state index contributed by atoms with van der Waals surface area (Å²) in [6.45, 7) is 1.53. The second-order valence-corrected chi connectivity index (χ2v) is 6.48. The van der Waals surface area contributed by atoms with Crippen LogP contribution in [0, 0.1) is 29.9 Å². The van der Waals surface area contributed by atoms with Crippen LogP contribution in [0.3, 0.4) is 0 Å². The van der Waals surface area contributed by atoms with Gasteiger partial charge in [0.1, 0.15) is 29.2 Å². The Bertz CT molecular complexity index is 1200. The summed E-state index contributed by atoms with van der Waals surface area (Å²) in [7, 11) is 0. The molecule has 9 heteroatoms. The molecule has 0 saturated heterocycles. The number of benzene rings is 3. The van der Waals surface area contributed by atoms with Crippen molar-refractivity contribution in [3.8, 4) is 17.6 Å². The van der Waals surface area contributed by atoms with E-state index in [1.54, 1.807) is 6.07 Å². The molecule has 3 aromatic rings. The monoisotopic (exact) mass is 432 g/mol. The summed E-state index contributed by atoms with van der Waals surface area (Å²) in [6, 6.07) is 10.6. The van der Waals surface area contributed by atoms with Crippen molar-refractivity contribution in [3.05, 3.63) is 88.5 Å². The molecule has 0 saturated carbocycles. The first-order chi connectivity index (χ1) is 14.6. The molecule has 4 nitrogen and oxygen atoms in total. The maximum absolute atomic E-state index is 13.5. The molecule has 31 heavy (non-hydrogen) atoms. The molecule has 0 aliphatic carbocycles. The van der Waals surface area contributed by atoms with Gasteiger partial charge in [0.05, 0.1) is 16.7 Å². The van der Waals surface area contributed by atoms with Crippen molar-refractivity contribution in [1.82, 2.24) is 0 Å². The molecule has 1 N–H and O–H groups in total. The zero-order valence-electron chi connectivity index (χ0n) is 15.8. The second kappa shape index (κ2) is 8.44. The molecular weight excluding hydrogens is 419 g/mol. The molecular formula is C22H13F5N2O2. The fourth-order valence-electron chi connectivity index (χ4n) is 2.71. The lowest BCUT2D eigenvalue weighted by atomic mass is 10.1. The van der Waals surface area contributed by atoms with Gasteiger partial charge in [0.15, 0.2) is 0 Å². The quantitative estimate of drug-likeness (QED) is 0.499.